The van der Waals surface area contributed by atoms with Gasteiger partial charge in [0.05, 0.1) is 22.2 Å². The smallest absolute Gasteiger partial charge is 0.271 e. The first kappa shape index (κ1) is 22.3. The first-order valence-electron chi connectivity index (χ1n) is 8.98. The topological polar surface area (TPSA) is 105 Å². The number of carbonyl (C=O) groups excluding carboxylic acids is 2. The van der Waals surface area contributed by atoms with Crippen molar-refractivity contribution in [3.05, 3.63) is 69.2 Å². The molecule has 0 heterocycles. The lowest BCUT2D eigenvalue weighted by molar-refractivity contribution is -0.384. The lowest BCUT2D eigenvalue weighted by Crippen LogP contribution is -2.43. The standard InChI is InChI=1S/C20H23ClN4O4/c1-13(2)22-18(26)12-24(3)19(14-7-5-4-6-8-14)20(27)23-17-10-9-15(25(28)29)11-16(17)21/h4-11,13,19H,12H2,1-3H3,(H,22,26)(H,23,27)/t19-/m1/s1. The SMILES string of the molecule is CC(C)NC(=O)CN(C)[C@@H](C(=O)Nc1ccc([N+](=O)[O-])cc1Cl)c1ccccc1. The van der Waals surface area contributed by atoms with Crippen LogP contribution in [0.25, 0.3) is 0 Å². The summed E-state index contributed by atoms with van der Waals surface area (Å²) in [6.45, 7) is 3.73. The van der Waals surface area contributed by atoms with Gasteiger partial charge < -0.3 is 10.6 Å². The van der Waals surface area contributed by atoms with Crippen LogP contribution in [0.1, 0.15) is 25.5 Å². The summed E-state index contributed by atoms with van der Waals surface area (Å²) in [4.78, 5) is 37.1. The van der Waals surface area contributed by atoms with Crippen molar-refractivity contribution in [1.29, 1.82) is 0 Å². The summed E-state index contributed by atoms with van der Waals surface area (Å²) >= 11 is 6.09. The average Bonchev–Trinajstić information content (AvgIpc) is 2.63. The van der Waals surface area contributed by atoms with Crippen LogP contribution in [0.5, 0.6) is 0 Å². The predicted octanol–water partition coefficient (Wildman–Crippen LogP) is 3.38. The zero-order chi connectivity index (χ0) is 21.6. The third-order valence-corrected chi connectivity index (χ3v) is 4.38. The molecule has 154 valence electrons. The number of nitrogens with one attached hydrogen (secondary N) is 2. The van der Waals surface area contributed by atoms with Crippen LogP contribution in [0, 0.1) is 10.1 Å². The maximum absolute atomic E-state index is 13.1. The normalized spacial score (nSPS) is 11.9. The molecule has 2 aromatic rings. The number of hydrogen-bond donors (Lipinski definition) is 2. The summed E-state index contributed by atoms with van der Waals surface area (Å²) in [5.41, 5.74) is 0.779. The van der Waals surface area contributed by atoms with E-state index in [2.05, 4.69) is 10.6 Å². The minimum absolute atomic E-state index is 0.0131. The molecular formula is C20H23ClN4O4. The number of carbonyl (C=O) groups is 2. The molecule has 0 radical (unpaired) electrons. The lowest BCUT2D eigenvalue weighted by atomic mass is 10.0. The number of nitrogens with zero attached hydrogens (tertiary/aromatic N) is 2. The van der Waals surface area contributed by atoms with Crippen molar-refractivity contribution in [2.75, 3.05) is 18.9 Å². The van der Waals surface area contributed by atoms with E-state index in [0.29, 0.717) is 5.56 Å². The highest BCUT2D eigenvalue weighted by atomic mass is 35.5. The molecule has 8 nitrogen and oxygen atoms in total. The van der Waals surface area contributed by atoms with Gasteiger partial charge in [0.25, 0.3) is 5.69 Å². The fraction of sp³-hybridized carbons (Fsp3) is 0.300. The summed E-state index contributed by atoms with van der Waals surface area (Å²) in [5, 5.41) is 16.4. The molecule has 0 unspecified atom stereocenters. The van der Waals surface area contributed by atoms with Gasteiger partial charge in [0.2, 0.25) is 11.8 Å². The minimum Gasteiger partial charge on any atom is -0.353 e. The Kier molecular flexibility index (Phi) is 7.69. The van der Waals surface area contributed by atoms with Crippen molar-refractivity contribution >= 4 is 34.8 Å². The summed E-state index contributed by atoms with van der Waals surface area (Å²) in [7, 11) is 1.68. The Labute approximate surface area is 174 Å². The van der Waals surface area contributed by atoms with E-state index in [-0.39, 0.29) is 34.9 Å². The third kappa shape index (κ3) is 6.27. The van der Waals surface area contributed by atoms with Crippen molar-refractivity contribution in [2.24, 2.45) is 0 Å². The van der Waals surface area contributed by atoms with Crippen LogP contribution in [0.15, 0.2) is 48.5 Å². The van der Waals surface area contributed by atoms with Gasteiger partial charge in [-0.1, -0.05) is 41.9 Å². The van der Waals surface area contributed by atoms with Crippen molar-refractivity contribution in [1.82, 2.24) is 10.2 Å². The Hall–Kier alpha value is -2.97. The van der Waals surface area contributed by atoms with Gasteiger partial charge in [-0.3, -0.25) is 24.6 Å². The van der Waals surface area contributed by atoms with E-state index in [9.17, 15) is 19.7 Å². The summed E-state index contributed by atoms with van der Waals surface area (Å²) in [5.74, 6) is -0.614. The number of benzene rings is 2. The Balaban J connectivity index is 2.26. The van der Waals surface area contributed by atoms with Crippen LogP contribution in [0.3, 0.4) is 0 Å². The van der Waals surface area contributed by atoms with Gasteiger partial charge in [-0.25, -0.2) is 0 Å². The quantitative estimate of drug-likeness (QED) is 0.505. The second kappa shape index (κ2) is 9.99. The van der Waals surface area contributed by atoms with Crippen molar-refractivity contribution < 1.29 is 14.5 Å². The molecule has 9 heteroatoms. The number of halogens is 1. The van der Waals surface area contributed by atoms with Gasteiger partial charge in [-0.15, -0.1) is 0 Å². The van der Waals surface area contributed by atoms with Gasteiger partial charge in [-0.2, -0.15) is 0 Å². The molecule has 0 aliphatic heterocycles. The van der Waals surface area contributed by atoms with Crippen LogP contribution in [-0.4, -0.2) is 41.3 Å². The van der Waals surface area contributed by atoms with E-state index in [0.717, 1.165) is 0 Å². The maximum Gasteiger partial charge on any atom is 0.271 e. The zero-order valence-electron chi connectivity index (χ0n) is 16.4. The number of amides is 2. The highest BCUT2D eigenvalue weighted by Crippen LogP contribution is 2.28. The van der Waals surface area contributed by atoms with E-state index in [1.165, 1.54) is 18.2 Å². The predicted molar refractivity (Wildman–Crippen MR) is 112 cm³/mol. The van der Waals surface area contributed by atoms with Crippen LogP contribution in [0.2, 0.25) is 5.02 Å². The molecule has 2 N–H and O–H groups in total. The molecule has 0 bridgehead atoms. The molecular weight excluding hydrogens is 396 g/mol. The number of rotatable bonds is 8. The largest absolute Gasteiger partial charge is 0.353 e. The van der Waals surface area contributed by atoms with Gasteiger partial charge in [0, 0.05) is 18.2 Å². The van der Waals surface area contributed by atoms with E-state index in [4.69, 9.17) is 11.6 Å². The first-order chi connectivity index (χ1) is 13.7. The Bertz CT molecular complexity index is 889. The Morgan fingerprint density at radius 1 is 1.17 bits per heavy atom. The lowest BCUT2D eigenvalue weighted by Gasteiger charge is -2.27. The van der Waals surface area contributed by atoms with E-state index in [1.54, 1.807) is 36.2 Å². The van der Waals surface area contributed by atoms with Gasteiger partial charge in [0.1, 0.15) is 6.04 Å². The molecule has 0 aromatic heterocycles. The van der Waals surface area contributed by atoms with Crippen molar-refractivity contribution in [3.63, 3.8) is 0 Å². The summed E-state index contributed by atoms with van der Waals surface area (Å²) in [6, 6.07) is 12.1. The highest BCUT2D eigenvalue weighted by molar-refractivity contribution is 6.34. The molecule has 0 aliphatic rings. The molecule has 0 saturated carbocycles. The Morgan fingerprint density at radius 3 is 2.38 bits per heavy atom. The molecule has 2 amide bonds. The molecule has 29 heavy (non-hydrogen) atoms. The molecule has 0 fully saturated rings. The molecule has 0 saturated heterocycles. The maximum atomic E-state index is 13.1. The Morgan fingerprint density at radius 2 is 1.83 bits per heavy atom. The number of non-ortho nitro benzene ring substituents is 1. The van der Waals surface area contributed by atoms with Gasteiger partial charge in [-0.05, 0) is 32.5 Å². The number of nitro benzene ring substituents is 1. The fourth-order valence-electron chi connectivity index (χ4n) is 2.85. The van der Waals surface area contributed by atoms with Crippen molar-refractivity contribution in [3.8, 4) is 0 Å². The van der Waals surface area contributed by atoms with Crippen LogP contribution < -0.4 is 10.6 Å². The van der Waals surface area contributed by atoms with Crippen molar-refractivity contribution in [2.45, 2.75) is 25.9 Å². The van der Waals surface area contributed by atoms with Crippen LogP contribution in [0.4, 0.5) is 11.4 Å². The van der Waals surface area contributed by atoms with E-state index >= 15 is 0 Å². The summed E-state index contributed by atoms with van der Waals surface area (Å²) in [6.07, 6.45) is 0. The number of hydrogen-bond acceptors (Lipinski definition) is 5. The monoisotopic (exact) mass is 418 g/mol. The van der Waals surface area contributed by atoms with Gasteiger partial charge >= 0.3 is 0 Å². The molecule has 0 spiro atoms. The number of anilines is 1. The van der Waals surface area contributed by atoms with Crippen LogP contribution >= 0.6 is 11.6 Å². The number of likely N-dealkylation sites (N-methyl/N-ethyl adjacent to an activating group) is 1. The molecule has 2 aromatic carbocycles. The first-order valence-corrected chi connectivity index (χ1v) is 9.36. The second-order valence-electron chi connectivity index (χ2n) is 6.86. The summed E-state index contributed by atoms with van der Waals surface area (Å²) < 4.78 is 0. The molecule has 0 aliphatic carbocycles. The molecule has 2 rings (SSSR count). The third-order valence-electron chi connectivity index (χ3n) is 4.07. The average molecular weight is 419 g/mol. The second-order valence-corrected chi connectivity index (χ2v) is 7.27. The van der Waals surface area contributed by atoms with E-state index in [1.807, 2.05) is 19.9 Å². The number of nitro groups is 1. The minimum atomic E-state index is -0.764. The zero-order valence-corrected chi connectivity index (χ0v) is 17.1. The van der Waals surface area contributed by atoms with Gasteiger partial charge in [0.15, 0.2) is 0 Å². The fourth-order valence-corrected chi connectivity index (χ4v) is 3.07. The highest BCUT2D eigenvalue weighted by Gasteiger charge is 2.27. The van der Waals surface area contributed by atoms with E-state index < -0.39 is 16.9 Å². The van der Waals surface area contributed by atoms with Crippen LogP contribution in [-0.2, 0) is 9.59 Å². The molecule has 1 atom stereocenters.